The van der Waals surface area contributed by atoms with Crippen LogP contribution in [-0.2, 0) is 0 Å². The minimum absolute atomic E-state index is 1.30. The van der Waals surface area contributed by atoms with Gasteiger partial charge in [0.15, 0.2) is 0 Å². The number of hydrogen-bond donors (Lipinski definition) is 0. The fourth-order valence-electron chi connectivity index (χ4n) is 5.08. The second-order valence-electron chi connectivity index (χ2n) is 11.4. The van der Waals surface area contributed by atoms with Crippen molar-refractivity contribution in [3.8, 4) is 0 Å². The average molecular weight is 765 g/mol. The van der Waals surface area contributed by atoms with Crippen molar-refractivity contribution < 1.29 is 0 Å². The van der Waals surface area contributed by atoms with Gasteiger partial charge in [0.05, 0.1) is 0 Å². The molecule has 0 aliphatic carbocycles. The van der Waals surface area contributed by atoms with E-state index in [1.54, 1.807) is 0 Å². The molecule has 0 heterocycles. The molecule has 234 valence electrons. The van der Waals surface area contributed by atoms with Crippen LogP contribution in [0.25, 0.3) is 0 Å². The standard InChI is InChI=1S/C32H68N2.2CH3I/c1-5-7-9-11-13-15-17-19-21-25-29-33(3)31-27-23-24-28-32-34(4)30-26-22-20-18-16-14-12-10-8-6-2;2*1-2/h5-32H2,1-4H3;2*1H3. The second-order valence-corrected chi connectivity index (χ2v) is 11.4. The molecule has 0 N–H and O–H groups in total. The number of nitrogens with zero attached hydrogens (tertiary/aromatic N) is 2. The van der Waals surface area contributed by atoms with Gasteiger partial charge in [0.1, 0.15) is 0 Å². The van der Waals surface area contributed by atoms with Gasteiger partial charge in [-0.3, -0.25) is 0 Å². The lowest BCUT2D eigenvalue weighted by atomic mass is 10.1. The Morgan fingerprint density at radius 1 is 0.289 bits per heavy atom. The van der Waals surface area contributed by atoms with Gasteiger partial charge in [0.25, 0.3) is 0 Å². The lowest BCUT2D eigenvalue weighted by Gasteiger charge is -2.17. The molecule has 4 heteroatoms. The van der Waals surface area contributed by atoms with Gasteiger partial charge in [-0.05, 0) is 75.8 Å². The van der Waals surface area contributed by atoms with Crippen LogP contribution < -0.4 is 0 Å². The molecule has 0 aromatic rings. The van der Waals surface area contributed by atoms with Crippen LogP contribution in [0.4, 0.5) is 0 Å². The van der Waals surface area contributed by atoms with Crippen molar-refractivity contribution in [2.75, 3.05) is 50.1 Å². The normalized spacial score (nSPS) is 10.9. The molecular weight excluding hydrogens is 690 g/mol. The van der Waals surface area contributed by atoms with E-state index >= 15 is 0 Å². The molecular formula is C34H74I2N2. The van der Waals surface area contributed by atoms with Crippen LogP contribution in [0.15, 0.2) is 0 Å². The van der Waals surface area contributed by atoms with Gasteiger partial charge >= 0.3 is 0 Å². The first-order valence-electron chi connectivity index (χ1n) is 16.8. The third-order valence-electron chi connectivity index (χ3n) is 7.62. The third-order valence-corrected chi connectivity index (χ3v) is 7.62. The maximum absolute atomic E-state index is 2.57. The van der Waals surface area contributed by atoms with Gasteiger partial charge in [-0.2, -0.15) is 0 Å². The predicted molar refractivity (Wildman–Crippen MR) is 197 cm³/mol. The first kappa shape index (κ1) is 43.8. The third kappa shape index (κ3) is 41.9. The van der Waals surface area contributed by atoms with Crippen LogP contribution in [-0.4, -0.2) is 59.9 Å². The molecule has 0 bridgehead atoms. The monoisotopic (exact) mass is 764 g/mol. The fourth-order valence-corrected chi connectivity index (χ4v) is 5.08. The Kier molecular flexibility index (Phi) is 49.4. The van der Waals surface area contributed by atoms with E-state index in [1.165, 1.54) is 180 Å². The molecule has 0 rings (SSSR count). The molecule has 0 aliphatic heterocycles. The summed E-state index contributed by atoms with van der Waals surface area (Å²) in [6, 6.07) is 0. The highest BCUT2D eigenvalue weighted by atomic mass is 127. The van der Waals surface area contributed by atoms with E-state index in [0.717, 1.165) is 0 Å². The van der Waals surface area contributed by atoms with Crippen molar-refractivity contribution in [2.45, 2.75) is 168 Å². The Balaban J connectivity index is -0.00000291. The zero-order valence-corrected chi connectivity index (χ0v) is 31.8. The number of unbranched alkanes of at least 4 members (excludes halogenated alkanes) is 21. The molecule has 0 aromatic carbocycles. The van der Waals surface area contributed by atoms with Crippen molar-refractivity contribution in [1.29, 1.82) is 0 Å². The van der Waals surface area contributed by atoms with Gasteiger partial charge in [0, 0.05) is 0 Å². The van der Waals surface area contributed by atoms with Gasteiger partial charge in [0.2, 0.25) is 0 Å². The summed E-state index contributed by atoms with van der Waals surface area (Å²) in [6.07, 6.45) is 34.4. The van der Waals surface area contributed by atoms with E-state index in [-0.39, 0.29) is 0 Å². The summed E-state index contributed by atoms with van der Waals surface area (Å²) < 4.78 is 0. The molecule has 0 atom stereocenters. The van der Waals surface area contributed by atoms with Crippen LogP contribution in [0.1, 0.15) is 168 Å². The number of halogens is 2. The van der Waals surface area contributed by atoms with Crippen LogP contribution in [0.3, 0.4) is 0 Å². The van der Waals surface area contributed by atoms with E-state index in [2.05, 4.69) is 82.9 Å². The Hall–Kier alpha value is 1.38. The van der Waals surface area contributed by atoms with Gasteiger partial charge in [-0.15, -0.1) is 0 Å². The molecule has 0 saturated carbocycles. The summed E-state index contributed by atoms with van der Waals surface area (Å²) >= 11 is 4.30. The zero-order valence-electron chi connectivity index (χ0n) is 27.4. The summed E-state index contributed by atoms with van der Waals surface area (Å²) in [6.45, 7) is 9.81. The molecule has 2 nitrogen and oxygen atoms in total. The van der Waals surface area contributed by atoms with Crippen LogP contribution in [0.2, 0.25) is 0 Å². The Bertz CT molecular complexity index is 334. The molecule has 0 amide bonds. The summed E-state index contributed by atoms with van der Waals surface area (Å²) in [7, 11) is 4.65. The first-order valence-corrected chi connectivity index (χ1v) is 21.1. The van der Waals surface area contributed by atoms with Crippen molar-refractivity contribution in [2.24, 2.45) is 0 Å². The zero-order chi connectivity index (χ0) is 29.0. The van der Waals surface area contributed by atoms with Gasteiger partial charge in [-0.25, -0.2) is 0 Å². The van der Waals surface area contributed by atoms with Gasteiger partial charge < -0.3 is 9.80 Å². The predicted octanol–water partition coefficient (Wildman–Crippen LogP) is 12.4. The van der Waals surface area contributed by atoms with Crippen LogP contribution in [0.5, 0.6) is 0 Å². The molecule has 0 saturated heterocycles. The molecule has 38 heavy (non-hydrogen) atoms. The fraction of sp³-hybridized carbons (Fsp3) is 1.00. The number of hydrogen-bond acceptors (Lipinski definition) is 2. The largest absolute Gasteiger partial charge is 0.306 e. The minimum Gasteiger partial charge on any atom is -0.306 e. The number of alkyl halides is 2. The SMILES string of the molecule is CCCCCCCCCCCCN(C)CCCCCCN(C)CCCCCCCCCCCC.CI.CI. The van der Waals surface area contributed by atoms with E-state index in [0.29, 0.717) is 0 Å². The van der Waals surface area contributed by atoms with Crippen LogP contribution in [0, 0.1) is 0 Å². The second kappa shape index (κ2) is 42.8. The van der Waals surface area contributed by atoms with E-state index in [9.17, 15) is 0 Å². The summed E-state index contributed by atoms with van der Waals surface area (Å²) in [5.74, 6) is 0. The van der Waals surface area contributed by atoms with Crippen LogP contribution >= 0.6 is 45.2 Å². The first-order chi connectivity index (χ1) is 18.7. The summed E-state index contributed by atoms with van der Waals surface area (Å²) in [5.41, 5.74) is 0. The Labute approximate surface area is 271 Å². The molecule has 0 spiro atoms. The van der Waals surface area contributed by atoms with Crippen molar-refractivity contribution in [3.63, 3.8) is 0 Å². The lowest BCUT2D eigenvalue weighted by Crippen LogP contribution is -2.22. The topological polar surface area (TPSA) is 6.48 Å². The molecule has 0 radical (unpaired) electrons. The number of rotatable bonds is 29. The average Bonchev–Trinajstić information content (AvgIpc) is 2.95. The maximum atomic E-state index is 2.57. The molecule has 0 aliphatic rings. The summed E-state index contributed by atoms with van der Waals surface area (Å²) in [4.78, 5) is 9.08. The van der Waals surface area contributed by atoms with E-state index < -0.39 is 0 Å². The van der Waals surface area contributed by atoms with E-state index in [1.807, 2.05) is 9.86 Å². The van der Waals surface area contributed by atoms with Crippen molar-refractivity contribution >= 4 is 45.2 Å². The highest BCUT2D eigenvalue weighted by Crippen LogP contribution is 2.12. The maximum Gasteiger partial charge on any atom is -0.00218 e. The minimum atomic E-state index is 1.30. The molecule has 0 fully saturated rings. The quantitative estimate of drug-likeness (QED) is 0.0425. The highest BCUT2D eigenvalue weighted by molar-refractivity contribution is 14.1. The smallest absolute Gasteiger partial charge is 0.00218 e. The highest BCUT2D eigenvalue weighted by Gasteiger charge is 2.01. The van der Waals surface area contributed by atoms with E-state index in [4.69, 9.17) is 0 Å². The Morgan fingerprint density at radius 3 is 0.632 bits per heavy atom. The summed E-state index contributed by atoms with van der Waals surface area (Å²) in [5, 5.41) is 0. The van der Waals surface area contributed by atoms with Gasteiger partial charge in [-0.1, -0.05) is 187 Å². The molecule has 0 aromatic heterocycles. The molecule has 0 unspecified atom stereocenters. The Morgan fingerprint density at radius 2 is 0.447 bits per heavy atom. The lowest BCUT2D eigenvalue weighted by molar-refractivity contribution is 0.301. The van der Waals surface area contributed by atoms with Crippen molar-refractivity contribution in [3.05, 3.63) is 0 Å². The van der Waals surface area contributed by atoms with Crippen molar-refractivity contribution in [1.82, 2.24) is 9.80 Å².